The summed E-state index contributed by atoms with van der Waals surface area (Å²) in [6.07, 6.45) is 3.40. The molecule has 74 valence electrons. The molecule has 3 nitrogen and oxygen atoms in total. The molecule has 2 N–H and O–H groups in total. The number of rotatable bonds is 2. The predicted molar refractivity (Wildman–Crippen MR) is 51.4 cm³/mol. The van der Waals surface area contributed by atoms with E-state index in [1.54, 1.807) is 0 Å². The summed E-state index contributed by atoms with van der Waals surface area (Å²) in [7, 11) is 0. The van der Waals surface area contributed by atoms with Crippen LogP contribution in [0.15, 0.2) is 0 Å². The second-order valence-corrected chi connectivity index (χ2v) is 4.75. The van der Waals surface area contributed by atoms with E-state index in [0.717, 1.165) is 25.8 Å². The maximum atomic E-state index is 11.7. The van der Waals surface area contributed by atoms with Crippen LogP contribution in [0.25, 0.3) is 0 Å². The Morgan fingerprint density at radius 3 is 2.69 bits per heavy atom. The Labute approximate surface area is 79.3 Å². The van der Waals surface area contributed by atoms with E-state index in [2.05, 4.69) is 24.5 Å². The average molecular weight is 182 g/mol. The van der Waals surface area contributed by atoms with E-state index >= 15 is 0 Å². The Kier molecular flexibility index (Phi) is 2.06. The summed E-state index contributed by atoms with van der Waals surface area (Å²) in [6.45, 7) is 5.24. The first-order valence-corrected chi connectivity index (χ1v) is 5.16. The minimum Gasteiger partial charge on any atom is -0.350 e. The van der Waals surface area contributed by atoms with Crippen molar-refractivity contribution in [1.29, 1.82) is 0 Å². The third kappa shape index (κ3) is 1.85. The van der Waals surface area contributed by atoms with Crippen molar-refractivity contribution in [3.63, 3.8) is 0 Å². The van der Waals surface area contributed by atoms with E-state index in [4.69, 9.17) is 0 Å². The fraction of sp³-hybridized carbons (Fsp3) is 0.900. The molecule has 2 rings (SSSR count). The van der Waals surface area contributed by atoms with E-state index in [1.807, 2.05) is 0 Å². The largest absolute Gasteiger partial charge is 0.350 e. The molecule has 0 aromatic carbocycles. The van der Waals surface area contributed by atoms with Crippen molar-refractivity contribution in [2.75, 3.05) is 6.54 Å². The second kappa shape index (κ2) is 2.98. The first-order chi connectivity index (χ1) is 6.11. The molecule has 2 aliphatic rings. The van der Waals surface area contributed by atoms with Crippen molar-refractivity contribution >= 4 is 5.91 Å². The van der Waals surface area contributed by atoms with E-state index in [9.17, 15) is 4.79 Å². The number of nitrogens with one attached hydrogen (secondary N) is 2. The van der Waals surface area contributed by atoms with Crippen LogP contribution in [0.2, 0.25) is 0 Å². The minimum atomic E-state index is 0.0532. The highest BCUT2D eigenvalue weighted by molar-refractivity contribution is 5.83. The fourth-order valence-electron chi connectivity index (χ4n) is 1.87. The van der Waals surface area contributed by atoms with E-state index in [0.29, 0.717) is 5.92 Å². The molecule has 0 aromatic rings. The van der Waals surface area contributed by atoms with Crippen molar-refractivity contribution in [2.45, 2.75) is 44.7 Å². The second-order valence-electron chi connectivity index (χ2n) is 4.75. The summed E-state index contributed by atoms with van der Waals surface area (Å²) in [5, 5.41) is 6.35. The standard InChI is InChI=1S/C10H18N2O/c1-7-3-6-11-8(7)9(13)12-10(2)4-5-10/h7-8,11H,3-6H2,1-2H3,(H,12,13). The predicted octanol–water partition coefficient (Wildman–Crippen LogP) is 0.653. The summed E-state index contributed by atoms with van der Waals surface area (Å²) in [6, 6.07) is 0.0532. The summed E-state index contributed by atoms with van der Waals surface area (Å²) in [5.74, 6) is 0.687. The molecule has 1 heterocycles. The van der Waals surface area contributed by atoms with Gasteiger partial charge in [-0.15, -0.1) is 0 Å². The zero-order chi connectivity index (χ0) is 9.47. The molecule has 1 aliphatic heterocycles. The molecule has 0 bridgehead atoms. The number of carbonyl (C=O) groups excluding carboxylic acids is 1. The molecule has 2 fully saturated rings. The van der Waals surface area contributed by atoms with E-state index < -0.39 is 0 Å². The van der Waals surface area contributed by atoms with Gasteiger partial charge in [0.2, 0.25) is 5.91 Å². The molecular formula is C10H18N2O. The fourth-order valence-corrected chi connectivity index (χ4v) is 1.87. The lowest BCUT2D eigenvalue weighted by atomic mass is 10.0. The maximum absolute atomic E-state index is 11.7. The van der Waals surface area contributed by atoms with Gasteiger partial charge in [0, 0.05) is 5.54 Å². The summed E-state index contributed by atoms with van der Waals surface area (Å²) >= 11 is 0. The highest BCUT2D eigenvalue weighted by Crippen LogP contribution is 2.34. The lowest BCUT2D eigenvalue weighted by Gasteiger charge is -2.18. The highest BCUT2D eigenvalue weighted by atomic mass is 16.2. The van der Waals surface area contributed by atoms with Crippen LogP contribution in [-0.2, 0) is 4.79 Å². The van der Waals surface area contributed by atoms with Gasteiger partial charge in [-0.05, 0) is 38.6 Å². The molecular weight excluding hydrogens is 164 g/mol. The Morgan fingerprint density at radius 1 is 1.54 bits per heavy atom. The molecule has 0 radical (unpaired) electrons. The molecule has 13 heavy (non-hydrogen) atoms. The average Bonchev–Trinajstić information content (AvgIpc) is 2.63. The van der Waals surface area contributed by atoms with Gasteiger partial charge < -0.3 is 10.6 Å². The summed E-state index contributed by atoms with van der Waals surface area (Å²) < 4.78 is 0. The van der Waals surface area contributed by atoms with Crippen molar-refractivity contribution in [2.24, 2.45) is 5.92 Å². The molecule has 3 heteroatoms. The Balaban J connectivity index is 1.89. The Morgan fingerprint density at radius 2 is 2.23 bits per heavy atom. The Hall–Kier alpha value is -0.570. The number of hydrogen-bond donors (Lipinski definition) is 2. The van der Waals surface area contributed by atoms with Crippen molar-refractivity contribution in [1.82, 2.24) is 10.6 Å². The van der Waals surface area contributed by atoms with Gasteiger partial charge in [0.1, 0.15) is 0 Å². The number of amides is 1. The zero-order valence-electron chi connectivity index (χ0n) is 8.39. The third-order valence-electron chi connectivity index (χ3n) is 3.24. The highest BCUT2D eigenvalue weighted by Gasteiger charge is 2.41. The summed E-state index contributed by atoms with van der Waals surface area (Å²) in [4.78, 5) is 11.7. The van der Waals surface area contributed by atoms with Gasteiger partial charge >= 0.3 is 0 Å². The smallest absolute Gasteiger partial charge is 0.237 e. The van der Waals surface area contributed by atoms with Crippen LogP contribution in [0, 0.1) is 5.92 Å². The zero-order valence-corrected chi connectivity index (χ0v) is 8.39. The molecule has 0 aromatic heterocycles. The quantitative estimate of drug-likeness (QED) is 0.658. The van der Waals surface area contributed by atoms with Crippen LogP contribution in [0.4, 0.5) is 0 Å². The topological polar surface area (TPSA) is 41.1 Å². The van der Waals surface area contributed by atoms with E-state index in [1.165, 1.54) is 0 Å². The van der Waals surface area contributed by atoms with E-state index in [-0.39, 0.29) is 17.5 Å². The Bertz CT molecular complexity index is 223. The third-order valence-corrected chi connectivity index (χ3v) is 3.24. The molecule has 1 saturated heterocycles. The van der Waals surface area contributed by atoms with Gasteiger partial charge in [-0.1, -0.05) is 6.92 Å². The van der Waals surface area contributed by atoms with Crippen molar-refractivity contribution < 1.29 is 4.79 Å². The lowest BCUT2D eigenvalue weighted by Crippen LogP contribution is -2.47. The van der Waals surface area contributed by atoms with Crippen LogP contribution >= 0.6 is 0 Å². The molecule has 2 unspecified atom stereocenters. The number of hydrogen-bond acceptors (Lipinski definition) is 2. The first-order valence-electron chi connectivity index (χ1n) is 5.16. The summed E-state index contributed by atoms with van der Waals surface area (Å²) in [5.41, 5.74) is 0.126. The number of carbonyl (C=O) groups is 1. The van der Waals surface area contributed by atoms with Crippen LogP contribution in [-0.4, -0.2) is 24.0 Å². The monoisotopic (exact) mass is 182 g/mol. The van der Waals surface area contributed by atoms with Crippen molar-refractivity contribution in [3.05, 3.63) is 0 Å². The van der Waals surface area contributed by atoms with Gasteiger partial charge in [-0.3, -0.25) is 4.79 Å². The van der Waals surface area contributed by atoms with Gasteiger partial charge in [0.15, 0.2) is 0 Å². The van der Waals surface area contributed by atoms with Gasteiger partial charge in [-0.25, -0.2) is 0 Å². The molecule has 1 amide bonds. The van der Waals surface area contributed by atoms with Crippen LogP contribution < -0.4 is 10.6 Å². The van der Waals surface area contributed by atoms with Gasteiger partial charge in [0.05, 0.1) is 6.04 Å². The SMILES string of the molecule is CC1CCNC1C(=O)NC1(C)CC1. The first kappa shape index (κ1) is 9.00. The lowest BCUT2D eigenvalue weighted by molar-refractivity contribution is -0.124. The molecule has 1 saturated carbocycles. The molecule has 2 atom stereocenters. The van der Waals surface area contributed by atoms with Crippen LogP contribution in [0.5, 0.6) is 0 Å². The molecule has 1 aliphatic carbocycles. The van der Waals surface area contributed by atoms with Crippen LogP contribution in [0.3, 0.4) is 0 Å². The van der Waals surface area contributed by atoms with Crippen LogP contribution in [0.1, 0.15) is 33.1 Å². The van der Waals surface area contributed by atoms with Gasteiger partial charge in [-0.2, -0.15) is 0 Å². The normalized spacial score (nSPS) is 35.8. The molecule has 0 spiro atoms. The van der Waals surface area contributed by atoms with Crippen molar-refractivity contribution in [3.8, 4) is 0 Å². The maximum Gasteiger partial charge on any atom is 0.237 e. The van der Waals surface area contributed by atoms with Gasteiger partial charge in [0.25, 0.3) is 0 Å². The minimum absolute atomic E-state index is 0.0532.